The van der Waals surface area contributed by atoms with Crippen molar-refractivity contribution in [3.05, 3.63) is 47.3 Å². The van der Waals surface area contributed by atoms with E-state index in [-0.39, 0.29) is 62.0 Å². The lowest BCUT2D eigenvalue weighted by molar-refractivity contribution is -0.138. The van der Waals surface area contributed by atoms with E-state index in [1.165, 1.54) is 22.7 Å². The van der Waals surface area contributed by atoms with Gasteiger partial charge in [-0.25, -0.2) is 19.9 Å². The summed E-state index contributed by atoms with van der Waals surface area (Å²) in [5.41, 5.74) is 1.30. The molecule has 24 heteroatoms. The first kappa shape index (κ1) is 50.7. The summed E-state index contributed by atoms with van der Waals surface area (Å²) in [7, 11) is -1.36. The molecule has 10 rings (SSSR count). The third kappa shape index (κ3) is 9.38. The van der Waals surface area contributed by atoms with Crippen LogP contribution in [0.3, 0.4) is 0 Å². The number of aryl methyl sites for hydroxylation is 3. The van der Waals surface area contributed by atoms with Gasteiger partial charge in [0.15, 0.2) is 5.72 Å². The number of ether oxygens (including phenoxy) is 1. The van der Waals surface area contributed by atoms with E-state index in [0.29, 0.717) is 68.4 Å². The van der Waals surface area contributed by atoms with E-state index in [9.17, 15) is 37.8 Å². The SMILES string of the molecule is CCCc1nccc2sc(-c3c(C)nc(NC(C)C(F)(F)F)nc3NC3CC(CO)C(O)C3OCCc3nccc4sc(-c5c(C)nc(NC(C)C6CC6)nc5NC5(O)CCC6C(S(C)=O)C65O)nc34)nc12. The Balaban J connectivity index is 0.930. The van der Waals surface area contributed by atoms with Crippen molar-refractivity contribution in [1.82, 2.24) is 39.9 Å². The van der Waals surface area contributed by atoms with Gasteiger partial charge in [0.05, 0.1) is 67.3 Å². The molecule has 6 heterocycles. The molecule has 0 aromatic carbocycles. The quantitative estimate of drug-likeness (QED) is 0.0401. The van der Waals surface area contributed by atoms with Gasteiger partial charge in [-0.2, -0.15) is 23.1 Å². The molecule has 0 bridgehead atoms. The Labute approximate surface area is 424 Å². The summed E-state index contributed by atoms with van der Waals surface area (Å²) in [6.07, 6.45) is 3.35. The summed E-state index contributed by atoms with van der Waals surface area (Å²) >= 11 is 2.77. The summed E-state index contributed by atoms with van der Waals surface area (Å²) < 4.78 is 62.2. The monoisotopic (exact) mass is 1050 g/mol. The average molecular weight is 1050 g/mol. The van der Waals surface area contributed by atoms with Crippen LogP contribution in [0, 0.1) is 31.6 Å². The molecule has 4 aliphatic rings. The van der Waals surface area contributed by atoms with Crippen molar-refractivity contribution < 1.29 is 42.5 Å². The third-order valence-electron chi connectivity index (χ3n) is 14.8. The maximum atomic E-state index is 13.8. The number of nitrogens with one attached hydrogen (secondary N) is 4. The molecule has 4 fully saturated rings. The van der Waals surface area contributed by atoms with Crippen molar-refractivity contribution in [1.29, 1.82) is 0 Å². The van der Waals surface area contributed by atoms with Crippen molar-refractivity contribution in [3.63, 3.8) is 0 Å². The maximum Gasteiger partial charge on any atom is 0.408 e. The van der Waals surface area contributed by atoms with Crippen molar-refractivity contribution in [3.8, 4) is 21.1 Å². The molecule has 18 nitrogen and oxygen atoms in total. The molecular weight excluding hydrogens is 994 g/mol. The van der Waals surface area contributed by atoms with Gasteiger partial charge >= 0.3 is 6.18 Å². The molecule has 0 spiro atoms. The van der Waals surface area contributed by atoms with Crippen LogP contribution in [0.2, 0.25) is 0 Å². The van der Waals surface area contributed by atoms with Crippen LogP contribution in [0.25, 0.3) is 41.6 Å². The number of hydrogen-bond acceptors (Lipinski definition) is 20. The first-order chi connectivity index (χ1) is 34.3. The van der Waals surface area contributed by atoms with Crippen molar-refractivity contribution in [2.75, 3.05) is 40.7 Å². The van der Waals surface area contributed by atoms with Crippen LogP contribution < -0.4 is 21.3 Å². The molecule has 6 aromatic heterocycles. The van der Waals surface area contributed by atoms with Crippen molar-refractivity contribution in [2.24, 2.45) is 17.8 Å². The highest BCUT2D eigenvalue weighted by atomic mass is 32.2. The molecule has 386 valence electrons. The molecule has 6 aromatic rings. The predicted molar refractivity (Wildman–Crippen MR) is 271 cm³/mol. The largest absolute Gasteiger partial charge is 0.408 e. The highest BCUT2D eigenvalue weighted by Gasteiger charge is 2.79. The average Bonchev–Trinajstić information content (AvgIpc) is 4.08. The highest BCUT2D eigenvalue weighted by Crippen LogP contribution is 2.63. The minimum Gasteiger partial charge on any atom is -0.396 e. The zero-order valence-corrected chi connectivity index (χ0v) is 43.1. The maximum absolute atomic E-state index is 13.8. The number of aliphatic hydroxyl groups is 4. The van der Waals surface area contributed by atoms with E-state index in [1.807, 2.05) is 26.0 Å². The van der Waals surface area contributed by atoms with Gasteiger partial charge in [-0.15, -0.1) is 22.7 Å². The smallest absolute Gasteiger partial charge is 0.396 e. The normalized spacial score (nSPS) is 27.2. The Morgan fingerprint density at radius 3 is 2.04 bits per heavy atom. The number of fused-ring (bicyclic) bond motifs is 3. The van der Waals surface area contributed by atoms with E-state index in [2.05, 4.69) is 48.1 Å². The molecule has 11 unspecified atom stereocenters. The van der Waals surface area contributed by atoms with Crippen LogP contribution >= 0.6 is 22.7 Å². The van der Waals surface area contributed by atoms with Crippen LogP contribution in [-0.4, -0.2) is 137 Å². The molecule has 4 saturated carbocycles. The number of aliphatic hydroxyl groups excluding tert-OH is 2. The van der Waals surface area contributed by atoms with Crippen molar-refractivity contribution >= 4 is 77.4 Å². The lowest BCUT2D eigenvalue weighted by Gasteiger charge is -2.33. The van der Waals surface area contributed by atoms with Gasteiger partial charge in [-0.3, -0.25) is 14.2 Å². The zero-order chi connectivity index (χ0) is 51.0. The topological polar surface area (TPSA) is 258 Å². The fourth-order valence-corrected chi connectivity index (χ4v) is 14.4. The van der Waals surface area contributed by atoms with Gasteiger partial charge < -0.3 is 46.4 Å². The molecule has 8 N–H and O–H groups in total. The zero-order valence-electron chi connectivity index (χ0n) is 40.6. The van der Waals surface area contributed by atoms with Crippen molar-refractivity contribution in [2.45, 2.75) is 139 Å². The number of rotatable bonds is 19. The second-order valence-corrected chi connectivity index (χ2v) is 23.3. The number of pyridine rings is 2. The van der Waals surface area contributed by atoms with Crippen LogP contribution in [0.15, 0.2) is 24.5 Å². The van der Waals surface area contributed by atoms with E-state index >= 15 is 0 Å². The lowest BCUT2D eigenvalue weighted by atomic mass is 10.0. The number of hydrogen-bond donors (Lipinski definition) is 8. The number of thiazole rings is 2. The summed E-state index contributed by atoms with van der Waals surface area (Å²) in [6.45, 7) is 8.36. The van der Waals surface area contributed by atoms with E-state index in [1.54, 1.807) is 25.6 Å². The van der Waals surface area contributed by atoms with Crippen LogP contribution in [0.5, 0.6) is 0 Å². The molecule has 4 aliphatic carbocycles. The summed E-state index contributed by atoms with van der Waals surface area (Å²) in [5, 5.41) is 58.8. The number of halogens is 3. The molecule has 0 saturated heterocycles. The summed E-state index contributed by atoms with van der Waals surface area (Å²) in [4.78, 5) is 38.0. The number of alkyl halides is 3. The first-order valence-corrected chi connectivity index (χ1v) is 27.7. The number of nitrogens with zero attached hydrogens (tertiary/aromatic N) is 8. The Kier molecular flexibility index (Phi) is 13.7. The highest BCUT2D eigenvalue weighted by molar-refractivity contribution is 7.85. The van der Waals surface area contributed by atoms with Gasteiger partial charge in [-0.05, 0) is 84.3 Å². The number of aromatic nitrogens is 8. The third-order valence-corrected chi connectivity index (χ3v) is 18.3. The summed E-state index contributed by atoms with van der Waals surface area (Å²) in [5.74, 6) is 0.188. The Morgan fingerprint density at radius 1 is 0.875 bits per heavy atom. The van der Waals surface area contributed by atoms with Gasteiger partial charge in [0.2, 0.25) is 11.9 Å². The first-order valence-electron chi connectivity index (χ1n) is 24.4. The molecule has 0 radical (unpaired) electrons. The van der Waals surface area contributed by atoms with Crippen LogP contribution in [0.4, 0.5) is 36.7 Å². The Hall–Kier alpha value is -4.82. The Bertz CT molecular complexity index is 3030. The molecule has 0 amide bonds. The van der Waals surface area contributed by atoms with Crippen LogP contribution in [0.1, 0.15) is 82.1 Å². The molecule has 72 heavy (non-hydrogen) atoms. The van der Waals surface area contributed by atoms with E-state index < -0.39 is 63.8 Å². The second-order valence-electron chi connectivity index (χ2n) is 19.8. The molecule has 11 atom stereocenters. The lowest BCUT2D eigenvalue weighted by Crippen LogP contribution is -2.52. The van der Waals surface area contributed by atoms with E-state index in [4.69, 9.17) is 24.7 Å². The van der Waals surface area contributed by atoms with Gasteiger partial charge in [0, 0.05) is 60.4 Å². The predicted octanol–water partition coefficient (Wildman–Crippen LogP) is 6.54. The minimum atomic E-state index is -4.57. The standard InChI is InChI=1S/C48H59F3N12O6S3/c1-7-8-28-35-31(12-16-52-28)70-42(59-35)33-22(3)56-45(57-24(5)48(49,50)51)61-40(33)58-30-19-26(20-64)37(65)38(30)69-18-14-29-36-32(13-17-53-29)71-43(60-36)34-23(4)55-44(54-21(2)25-9-10-25)62-41(34)63-46(66)15-11-27-39(72(6)68)47(27,46)67/h12-13,16-17,21,24-27,30,37-39,64-67H,7-11,14-15,18-20H2,1-6H3,(H2,54,55,62,63)(H2,56,57,58,61). The fourth-order valence-electron chi connectivity index (χ4n) is 10.7. The summed E-state index contributed by atoms with van der Waals surface area (Å²) in [6, 6.07) is 1.21. The van der Waals surface area contributed by atoms with Gasteiger partial charge in [-0.1, -0.05) is 13.3 Å². The molecule has 0 aliphatic heterocycles. The fraction of sp³-hybridized carbons (Fsp3) is 0.583. The van der Waals surface area contributed by atoms with Crippen LogP contribution in [-0.2, 0) is 28.4 Å². The minimum absolute atomic E-state index is 0.0644. The Morgan fingerprint density at radius 2 is 1.47 bits per heavy atom. The van der Waals surface area contributed by atoms with Gasteiger partial charge in [0.1, 0.15) is 50.4 Å². The van der Waals surface area contributed by atoms with E-state index in [0.717, 1.165) is 46.8 Å². The molecular formula is C48H59F3N12O6S3. The van der Waals surface area contributed by atoms with Gasteiger partial charge in [0.25, 0.3) is 0 Å². The second kappa shape index (κ2) is 19.5. The number of anilines is 4.